The van der Waals surface area contributed by atoms with Crippen LogP contribution in [0.15, 0.2) is 12.1 Å². The molecule has 0 heterocycles. The molecule has 1 heteroatoms. The van der Waals surface area contributed by atoms with Crippen LogP contribution in [-0.2, 0) is 0 Å². The molecule has 0 atom stereocenters. The summed E-state index contributed by atoms with van der Waals surface area (Å²) in [5.74, 6) is 6.73. The van der Waals surface area contributed by atoms with Crippen LogP contribution in [0.2, 0.25) is 0 Å². The van der Waals surface area contributed by atoms with Gasteiger partial charge in [-0.2, -0.15) is 12.6 Å². The first-order chi connectivity index (χ1) is 6.15. The van der Waals surface area contributed by atoms with Crippen LogP contribution in [0, 0.1) is 32.6 Å². The molecular weight excluding hydrogens is 176 g/mol. The van der Waals surface area contributed by atoms with Crippen molar-refractivity contribution < 1.29 is 0 Å². The van der Waals surface area contributed by atoms with Gasteiger partial charge in [-0.1, -0.05) is 29.5 Å². The van der Waals surface area contributed by atoms with E-state index in [1.807, 2.05) is 0 Å². The van der Waals surface area contributed by atoms with Gasteiger partial charge in [-0.25, -0.2) is 0 Å². The molecule has 0 aromatic heterocycles. The van der Waals surface area contributed by atoms with Gasteiger partial charge in [-0.3, -0.25) is 0 Å². The second-order valence-electron chi connectivity index (χ2n) is 3.23. The van der Waals surface area contributed by atoms with Gasteiger partial charge in [-0.15, -0.1) is 0 Å². The predicted octanol–water partition coefficient (Wildman–Crippen LogP) is 2.89. The van der Waals surface area contributed by atoms with Crippen LogP contribution in [0.1, 0.15) is 22.3 Å². The smallest absolute Gasteiger partial charge is 0.0521 e. The van der Waals surface area contributed by atoms with Crippen molar-refractivity contribution in [3.63, 3.8) is 0 Å². The van der Waals surface area contributed by atoms with E-state index in [9.17, 15) is 0 Å². The Morgan fingerprint density at radius 3 is 2.15 bits per heavy atom. The standard InChI is InChI=1S/C12H14S/c1-9-7-10(2)12(5-4-6-13)11(3)8-9/h7-8,13H,6H2,1-3H3. The van der Waals surface area contributed by atoms with Crippen molar-refractivity contribution in [2.24, 2.45) is 0 Å². The third-order valence-electron chi connectivity index (χ3n) is 1.97. The van der Waals surface area contributed by atoms with Gasteiger partial charge in [0.25, 0.3) is 0 Å². The molecule has 0 saturated carbocycles. The van der Waals surface area contributed by atoms with Gasteiger partial charge in [0.2, 0.25) is 0 Å². The second kappa shape index (κ2) is 4.39. The minimum atomic E-state index is 0.618. The van der Waals surface area contributed by atoms with Gasteiger partial charge < -0.3 is 0 Å². The molecule has 0 radical (unpaired) electrons. The molecule has 68 valence electrons. The lowest BCUT2D eigenvalue weighted by atomic mass is 10.0. The van der Waals surface area contributed by atoms with Gasteiger partial charge in [-0.05, 0) is 31.9 Å². The van der Waals surface area contributed by atoms with Crippen molar-refractivity contribution in [1.29, 1.82) is 0 Å². The van der Waals surface area contributed by atoms with Crippen LogP contribution in [0.3, 0.4) is 0 Å². The van der Waals surface area contributed by atoms with Gasteiger partial charge in [0.05, 0.1) is 5.75 Å². The number of hydrogen-bond acceptors (Lipinski definition) is 1. The van der Waals surface area contributed by atoms with Crippen molar-refractivity contribution in [1.82, 2.24) is 0 Å². The summed E-state index contributed by atoms with van der Waals surface area (Å²) in [6.07, 6.45) is 0. The molecule has 1 rings (SSSR count). The van der Waals surface area contributed by atoms with Crippen molar-refractivity contribution in [3.05, 3.63) is 34.4 Å². The molecule has 0 aliphatic carbocycles. The van der Waals surface area contributed by atoms with Gasteiger partial charge in [0, 0.05) is 5.56 Å². The molecule has 0 saturated heterocycles. The number of benzene rings is 1. The molecule has 1 aromatic carbocycles. The average molecular weight is 190 g/mol. The Morgan fingerprint density at radius 1 is 1.15 bits per heavy atom. The summed E-state index contributed by atoms with van der Waals surface area (Å²) in [6.45, 7) is 6.31. The molecule has 0 bridgehead atoms. The normalized spacial score (nSPS) is 9.23. The largest absolute Gasteiger partial charge is 0.166 e. The zero-order chi connectivity index (χ0) is 9.84. The molecule has 0 fully saturated rings. The summed E-state index contributed by atoms with van der Waals surface area (Å²) in [5, 5.41) is 0. The van der Waals surface area contributed by atoms with E-state index in [-0.39, 0.29) is 0 Å². The summed E-state index contributed by atoms with van der Waals surface area (Å²) in [4.78, 5) is 0. The van der Waals surface area contributed by atoms with Crippen molar-refractivity contribution in [2.75, 3.05) is 5.75 Å². The minimum Gasteiger partial charge on any atom is -0.166 e. The highest BCUT2D eigenvalue weighted by atomic mass is 32.1. The monoisotopic (exact) mass is 190 g/mol. The Hall–Kier alpha value is -0.870. The summed E-state index contributed by atoms with van der Waals surface area (Å²) < 4.78 is 0. The molecule has 0 nitrogen and oxygen atoms in total. The molecule has 0 aliphatic rings. The number of thiol groups is 1. The van der Waals surface area contributed by atoms with Gasteiger partial charge >= 0.3 is 0 Å². The molecule has 1 aromatic rings. The van der Waals surface area contributed by atoms with E-state index in [1.54, 1.807) is 0 Å². The van der Waals surface area contributed by atoms with Gasteiger partial charge in [0.15, 0.2) is 0 Å². The lowest BCUT2D eigenvalue weighted by Gasteiger charge is -2.04. The van der Waals surface area contributed by atoms with Crippen LogP contribution in [0.4, 0.5) is 0 Å². The van der Waals surface area contributed by atoms with Crippen LogP contribution in [0.5, 0.6) is 0 Å². The first kappa shape index (κ1) is 10.2. The topological polar surface area (TPSA) is 0 Å². The summed E-state index contributed by atoms with van der Waals surface area (Å²) in [6, 6.07) is 4.32. The minimum absolute atomic E-state index is 0.618. The predicted molar refractivity (Wildman–Crippen MR) is 61.4 cm³/mol. The second-order valence-corrected chi connectivity index (χ2v) is 3.55. The van der Waals surface area contributed by atoms with Crippen molar-refractivity contribution in [2.45, 2.75) is 20.8 Å². The van der Waals surface area contributed by atoms with Crippen LogP contribution in [-0.4, -0.2) is 5.75 Å². The van der Waals surface area contributed by atoms with Crippen molar-refractivity contribution in [3.8, 4) is 11.8 Å². The molecule has 0 spiro atoms. The van der Waals surface area contributed by atoms with E-state index in [4.69, 9.17) is 0 Å². The molecule has 0 unspecified atom stereocenters. The van der Waals surface area contributed by atoms with E-state index in [0.717, 1.165) is 5.56 Å². The maximum atomic E-state index is 4.07. The van der Waals surface area contributed by atoms with Crippen molar-refractivity contribution >= 4 is 12.6 Å². The molecule has 0 amide bonds. The highest BCUT2D eigenvalue weighted by molar-refractivity contribution is 7.80. The number of aryl methyl sites for hydroxylation is 3. The lowest BCUT2D eigenvalue weighted by molar-refractivity contribution is 1.30. The summed E-state index contributed by atoms with van der Waals surface area (Å²) in [5.41, 5.74) is 4.96. The highest BCUT2D eigenvalue weighted by Crippen LogP contribution is 2.14. The Morgan fingerprint density at radius 2 is 1.69 bits per heavy atom. The van der Waals surface area contributed by atoms with E-state index in [1.165, 1.54) is 16.7 Å². The molecular formula is C12H14S. The summed E-state index contributed by atoms with van der Waals surface area (Å²) in [7, 11) is 0. The zero-order valence-electron chi connectivity index (χ0n) is 8.31. The molecule has 13 heavy (non-hydrogen) atoms. The molecule has 0 N–H and O–H groups in total. The number of hydrogen-bond donors (Lipinski definition) is 1. The quantitative estimate of drug-likeness (QED) is 0.472. The summed E-state index contributed by atoms with van der Waals surface area (Å²) >= 11 is 4.07. The molecule has 0 aliphatic heterocycles. The van der Waals surface area contributed by atoms with Crippen LogP contribution < -0.4 is 0 Å². The van der Waals surface area contributed by atoms with E-state index < -0.39 is 0 Å². The fourth-order valence-electron chi connectivity index (χ4n) is 1.51. The first-order valence-corrected chi connectivity index (χ1v) is 4.96. The van der Waals surface area contributed by atoms with Crippen LogP contribution in [0.25, 0.3) is 0 Å². The van der Waals surface area contributed by atoms with Gasteiger partial charge in [0.1, 0.15) is 0 Å². The number of rotatable bonds is 0. The zero-order valence-corrected chi connectivity index (χ0v) is 9.20. The third-order valence-corrected chi connectivity index (χ3v) is 2.13. The highest BCUT2D eigenvalue weighted by Gasteiger charge is 1.99. The maximum absolute atomic E-state index is 4.07. The van der Waals surface area contributed by atoms with E-state index in [2.05, 4.69) is 57.4 Å². The maximum Gasteiger partial charge on any atom is 0.0521 e. The Balaban J connectivity index is 3.21. The fourth-order valence-corrected chi connectivity index (χ4v) is 1.58. The Bertz CT molecular complexity index is 343. The average Bonchev–Trinajstić information content (AvgIpc) is 2.02. The Labute approximate surface area is 85.8 Å². The lowest BCUT2D eigenvalue weighted by Crippen LogP contribution is -1.89. The first-order valence-electron chi connectivity index (χ1n) is 4.32. The van der Waals surface area contributed by atoms with E-state index in [0.29, 0.717) is 5.75 Å². The third kappa shape index (κ3) is 2.54. The fraction of sp³-hybridized carbons (Fsp3) is 0.333. The Kier molecular flexibility index (Phi) is 3.45. The van der Waals surface area contributed by atoms with Crippen LogP contribution >= 0.6 is 12.6 Å². The van der Waals surface area contributed by atoms with E-state index >= 15 is 0 Å². The SMILES string of the molecule is Cc1cc(C)c(C#CCS)c(C)c1.